The zero-order valence-electron chi connectivity index (χ0n) is 14.1. The highest BCUT2D eigenvalue weighted by Gasteiger charge is 2.45. The van der Waals surface area contributed by atoms with E-state index in [4.69, 9.17) is 0 Å². The van der Waals surface area contributed by atoms with Crippen molar-refractivity contribution in [2.24, 2.45) is 11.8 Å². The summed E-state index contributed by atoms with van der Waals surface area (Å²) in [6, 6.07) is 5.12. The smallest absolute Gasteiger partial charge is 0.223 e. The van der Waals surface area contributed by atoms with Gasteiger partial charge in [0.15, 0.2) is 0 Å². The molecule has 24 heavy (non-hydrogen) atoms. The van der Waals surface area contributed by atoms with Gasteiger partial charge in [0.05, 0.1) is 0 Å². The number of H-pyrrole nitrogens is 1. The summed E-state index contributed by atoms with van der Waals surface area (Å²) in [5.74, 6) is 2.16. The molecule has 2 saturated carbocycles. The second-order valence-corrected chi connectivity index (χ2v) is 8.07. The van der Waals surface area contributed by atoms with Crippen LogP contribution < -0.4 is 0 Å². The Hall–Kier alpha value is -1.84. The van der Waals surface area contributed by atoms with Crippen molar-refractivity contribution >= 4 is 16.9 Å². The van der Waals surface area contributed by atoms with Gasteiger partial charge in [-0.1, -0.05) is 0 Å². The molecule has 126 valence electrons. The molecule has 2 aromatic rings. The lowest BCUT2D eigenvalue weighted by molar-refractivity contribution is -0.140. The van der Waals surface area contributed by atoms with Crippen LogP contribution in [0.25, 0.3) is 11.0 Å². The molecular weight excluding hydrogens is 298 g/mol. The fourth-order valence-corrected chi connectivity index (χ4v) is 5.66. The Morgan fingerprint density at radius 1 is 1.17 bits per heavy atom. The van der Waals surface area contributed by atoms with Gasteiger partial charge in [0.2, 0.25) is 5.91 Å². The van der Waals surface area contributed by atoms with Crippen LogP contribution >= 0.6 is 0 Å². The molecule has 4 unspecified atom stereocenters. The van der Waals surface area contributed by atoms with Crippen LogP contribution in [-0.4, -0.2) is 32.9 Å². The maximum Gasteiger partial charge on any atom is 0.223 e. The third kappa shape index (κ3) is 2.35. The lowest BCUT2D eigenvalue weighted by Gasteiger charge is -2.47. The van der Waals surface area contributed by atoms with E-state index < -0.39 is 0 Å². The van der Waals surface area contributed by atoms with Crippen LogP contribution in [-0.2, 0) is 11.2 Å². The average Bonchev–Trinajstić information content (AvgIpc) is 2.89. The van der Waals surface area contributed by atoms with Crippen molar-refractivity contribution in [3.63, 3.8) is 0 Å². The molecule has 2 aromatic heterocycles. The molecule has 0 radical (unpaired) electrons. The highest BCUT2D eigenvalue weighted by molar-refractivity contribution is 5.81. The molecule has 4 aliphatic rings. The van der Waals surface area contributed by atoms with Crippen LogP contribution in [0.4, 0.5) is 0 Å². The Bertz CT molecular complexity index is 759. The minimum atomic E-state index is 0.379. The zero-order chi connectivity index (χ0) is 16.1. The Balaban J connectivity index is 1.32. The van der Waals surface area contributed by atoms with Crippen molar-refractivity contribution in [2.45, 2.75) is 63.5 Å². The van der Waals surface area contributed by atoms with Gasteiger partial charge >= 0.3 is 0 Å². The van der Waals surface area contributed by atoms with Gasteiger partial charge < -0.3 is 9.88 Å². The molecule has 4 heteroatoms. The summed E-state index contributed by atoms with van der Waals surface area (Å²) in [4.78, 5) is 22.9. The second kappa shape index (κ2) is 5.61. The Kier molecular flexibility index (Phi) is 3.39. The first-order valence-electron chi connectivity index (χ1n) is 9.50. The van der Waals surface area contributed by atoms with Gasteiger partial charge in [0.1, 0.15) is 5.65 Å². The summed E-state index contributed by atoms with van der Waals surface area (Å²) in [5.41, 5.74) is 2.14. The van der Waals surface area contributed by atoms with Crippen LogP contribution in [0, 0.1) is 11.8 Å². The van der Waals surface area contributed by atoms with E-state index in [0.29, 0.717) is 24.4 Å². The van der Waals surface area contributed by atoms with Crippen LogP contribution in [0.2, 0.25) is 0 Å². The molecule has 6 rings (SSSR count). The van der Waals surface area contributed by atoms with Gasteiger partial charge in [0, 0.05) is 36.3 Å². The number of rotatable bonds is 3. The van der Waals surface area contributed by atoms with Crippen LogP contribution in [0.5, 0.6) is 0 Å². The maximum atomic E-state index is 13.0. The molecule has 1 amide bonds. The summed E-state index contributed by atoms with van der Waals surface area (Å²) in [7, 11) is 0. The largest absolute Gasteiger partial charge is 0.346 e. The molecular formula is C20H25N3O. The molecule has 0 aromatic carbocycles. The maximum absolute atomic E-state index is 13.0. The molecule has 2 aliphatic heterocycles. The Morgan fingerprint density at radius 2 is 2.04 bits per heavy atom. The van der Waals surface area contributed by atoms with Gasteiger partial charge in [0.25, 0.3) is 0 Å². The molecule has 2 saturated heterocycles. The summed E-state index contributed by atoms with van der Waals surface area (Å²) in [6.07, 6.45) is 13.0. The predicted molar refractivity (Wildman–Crippen MR) is 93.5 cm³/mol. The minimum Gasteiger partial charge on any atom is -0.346 e. The number of hydrogen-bond donors (Lipinski definition) is 1. The third-order valence-corrected chi connectivity index (χ3v) is 6.61. The number of pyridine rings is 1. The van der Waals surface area contributed by atoms with E-state index >= 15 is 0 Å². The van der Waals surface area contributed by atoms with Crippen molar-refractivity contribution in [3.8, 4) is 0 Å². The van der Waals surface area contributed by atoms with Crippen LogP contribution in [0.3, 0.4) is 0 Å². The summed E-state index contributed by atoms with van der Waals surface area (Å²) >= 11 is 0. The number of aromatic nitrogens is 2. The van der Waals surface area contributed by atoms with E-state index in [0.717, 1.165) is 29.3 Å². The average molecular weight is 323 g/mol. The van der Waals surface area contributed by atoms with Crippen molar-refractivity contribution in [3.05, 3.63) is 30.1 Å². The van der Waals surface area contributed by atoms with Crippen molar-refractivity contribution in [1.82, 2.24) is 14.9 Å². The number of amides is 1. The van der Waals surface area contributed by atoms with Crippen molar-refractivity contribution in [1.29, 1.82) is 0 Å². The zero-order valence-corrected chi connectivity index (χ0v) is 14.1. The molecule has 1 N–H and O–H groups in total. The molecule has 4 nitrogen and oxygen atoms in total. The fourth-order valence-electron chi connectivity index (χ4n) is 5.66. The Labute approximate surface area is 142 Å². The number of hydrogen-bond acceptors (Lipinski definition) is 2. The first kappa shape index (κ1) is 14.5. The molecule has 4 heterocycles. The van der Waals surface area contributed by atoms with Gasteiger partial charge in [-0.15, -0.1) is 0 Å². The second-order valence-electron chi connectivity index (χ2n) is 8.07. The number of carbonyl (C=O) groups is 1. The van der Waals surface area contributed by atoms with E-state index in [-0.39, 0.29) is 0 Å². The van der Waals surface area contributed by atoms with E-state index in [1.165, 1.54) is 44.1 Å². The lowest BCUT2D eigenvalue weighted by Crippen LogP contribution is -2.52. The van der Waals surface area contributed by atoms with E-state index in [9.17, 15) is 4.79 Å². The number of fused-ring (bicyclic) bond motifs is 2. The fraction of sp³-hybridized carbons (Fsp3) is 0.600. The Morgan fingerprint density at radius 3 is 3.00 bits per heavy atom. The van der Waals surface area contributed by atoms with Crippen molar-refractivity contribution < 1.29 is 4.79 Å². The van der Waals surface area contributed by atoms with Crippen LogP contribution in [0.1, 0.15) is 50.5 Å². The molecule has 2 aliphatic carbocycles. The monoisotopic (exact) mass is 323 g/mol. The van der Waals surface area contributed by atoms with Crippen LogP contribution in [0.15, 0.2) is 24.5 Å². The third-order valence-electron chi connectivity index (χ3n) is 6.61. The topological polar surface area (TPSA) is 49.0 Å². The first-order chi connectivity index (χ1) is 11.8. The highest BCUT2D eigenvalue weighted by atomic mass is 16.2. The summed E-state index contributed by atoms with van der Waals surface area (Å²) in [6.45, 7) is 0. The number of aryl methyl sites for hydroxylation is 1. The number of carbonyl (C=O) groups excluding carboxylic acids is 1. The van der Waals surface area contributed by atoms with E-state index in [2.05, 4.69) is 20.9 Å². The lowest BCUT2D eigenvalue weighted by atomic mass is 9.74. The standard InChI is InChI=1S/C20H25N3O/c24-19(6-4-15-12-22-20-18(15)2-1-7-21-20)23-16-5-3-13-8-14(10-16)11-17(23)9-13/h1-2,7,12-14,16-17H,3-6,8-11H2,(H,21,22). The number of nitrogens with one attached hydrogen (secondary N) is 1. The molecule has 4 fully saturated rings. The molecule has 4 bridgehead atoms. The highest BCUT2D eigenvalue weighted by Crippen LogP contribution is 2.47. The number of aromatic amines is 1. The van der Waals surface area contributed by atoms with E-state index in [1.807, 2.05) is 12.3 Å². The molecule has 0 spiro atoms. The quantitative estimate of drug-likeness (QED) is 0.937. The van der Waals surface area contributed by atoms with E-state index in [1.54, 1.807) is 6.20 Å². The minimum absolute atomic E-state index is 0.379. The van der Waals surface area contributed by atoms with Gasteiger partial charge in [-0.3, -0.25) is 4.79 Å². The number of nitrogens with zero attached hydrogens (tertiary/aromatic N) is 2. The summed E-state index contributed by atoms with van der Waals surface area (Å²) in [5, 5.41) is 1.16. The first-order valence-corrected chi connectivity index (χ1v) is 9.50. The van der Waals surface area contributed by atoms with Gasteiger partial charge in [-0.05, 0) is 74.5 Å². The molecule has 4 atom stereocenters. The SMILES string of the molecule is O=C(CCc1c[nH]c2ncccc12)N1C2CCC3CC(C2)CC1C3. The van der Waals surface area contributed by atoms with Gasteiger partial charge in [-0.2, -0.15) is 0 Å². The normalized spacial score (nSPS) is 31.6. The predicted octanol–water partition coefficient (Wildman–Crippen LogP) is 3.68. The summed E-state index contributed by atoms with van der Waals surface area (Å²) < 4.78 is 0. The number of piperidine rings is 1. The van der Waals surface area contributed by atoms with Gasteiger partial charge in [-0.25, -0.2) is 4.98 Å². The van der Waals surface area contributed by atoms with Crippen molar-refractivity contribution in [2.75, 3.05) is 0 Å².